The first-order chi connectivity index (χ1) is 11.0. The molecule has 0 aromatic heterocycles. The van der Waals surface area contributed by atoms with Crippen molar-refractivity contribution in [2.75, 3.05) is 0 Å². The predicted octanol–water partition coefficient (Wildman–Crippen LogP) is 2.79. The summed E-state index contributed by atoms with van der Waals surface area (Å²) in [5, 5.41) is 27.5. The first-order valence-electron chi connectivity index (χ1n) is 6.76. The molecule has 0 radical (unpaired) electrons. The molecule has 0 saturated heterocycles. The Kier molecular flexibility index (Phi) is 4.90. The summed E-state index contributed by atoms with van der Waals surface area (Å²) in [7, 11) is 0. The van der Waals surface area contributed by atoms with Crippen LogP contribution in [-0.2, 0) is 11.2 Å². The number of allylic oxidation sites excluding steroid dienone is 1. The zero-order chi connectivity index (χ0) is 16.8. The van der Waals surface area contributed by atoms with Crippen LogP contribution in [0.15, 0.2) is 48.5 Å². The van der Waals surface area contributed by atoms with Crippen LogP contribution in [0.4, 0.5) is 0 Å². The number of carboxylic acid groups (broad SMARTS) is 1. The lowest BCUT2D eigenvalue weighted by Crippen LogP contribution is -2.03. The summed E-state index contributed by atoms with van der Waals surface area (Å²) in [6.45, 7) is 0. The van der Waals surface area contributed by atoms with Gasteiger partial charge in [0.05, 0.1) is 23.6 Å². The monoisotopic (exact) mass is 307 g/mol. The highest BCUT2D eigenvalue weighted by atomic mass is 16.4. The van der Waals surface area contributed by atoms with E-state index in [9.17, 15) is 14.7 Å². The molecule has 0 aliphatic heterocycles. The van der Waals surface area contributed by atoms with Crippen LogP contribution in [0.1, 0.15) is 27.0 Å². The van der Waals surface area contributed by atoms with E-state index in [2.05, 4.69) is 0 Å². The summed E-state index contributed by atoms with van der Waals surface area (Å²) < 4.78 is 0. The van der Waals surface area contributed by atoms with Crippen LogP contribution >= 0.6 is 0 Å². The predicted molar refractivity (Wildman–Crippen MR) is 84.0 cm³/mol. The Bertz CT molecular complexity index is 814. The molecule has 0 atom stereocenters. The highest BCUT2D eigenvalue weighted by Gasteiger charge is 2.13. The second-order valence-corrected chi connectivity index (χ2v) is 4.82. The topological polar surface area (TPSA) is 98.4 Å². The number of nitrogens with zero attached hydrogens (tertiary/aromatic N) is 1. The van der Waals surface area contributed by atoms with Gasteiger partial charge in [-0.2, -0.15) is 5.26 Å². The fourth-order valence-electron chi connectivity index (χ4n) is 2.03. The number of benzene rings is 2. The maximum Gasteiger partial charge on any atom is 0.307 e. The standard InChI is InChI=1S/C18H13NO4/c19-11-13-6-4-12(5-7-13)8-9-16(20)15-3-1-2-14(18(15)23)10-17(21)22/h1-9,23H,10H2,(H,21,22). The van der Waals surface area contributed by atoms with Crippen molar-refractivity contribution in [3.63, 3.8) is 0 Å². The summed E-state index contributed by atoms with van der Waals surface area (Å²) in [5.74, 6) is -1.83. The van der Waals surface area contributed by atoms with Gasteiger partial charge in [-0.25, -0.2) is 0 Å². The van der Waals surface area contributed by atoms with E-state index >= 15 is 0 Å². The van der Waals surface area contributed by atoms with Crippen molar-refractivity contribution in [1.82, 2.24) is 0 Å². The Morgan fingerprint density at radius 1 is 1.13 bits per heavy atom. The summed E-state index contributed by atoms with van der Waals surface area (Å²) in [6.07, 6.45) is 2.50. The van der Waals surface area contributed by atoms with Gasteiger partial charge in [-0.1, -0.05) is 30.3 Å². The lowest BCUT2D eigenvalue weighted by atomic mass is 10.0. The van der Waals surface area contributed by atoms with Gasteiger partial charge in [0, 0.05) is 5.56 Å². The number of rotatable bonds is 5. The van der Waals surface area contributed by atoms with E-state index in [1.165, 1.54) is 24.3 Å². The number of hydrogen-bond acceptors (Lipinski definition) is 4. The molecule has 5 heteroatoms. The van der Waals surface area contributed by atoms with Crippen LogP contribution in [-0.4, -0.2) is 22.0 Å². The Morgan fingerprint density at radius 2 is 1.83 bits per heavy atom. The summed E-state index contributed by atoms with van der Waals surface area (Å²) in [4.78, 5) is 22.9. The molecule has 5 nitrogen and oxygen atoms in total. The fraction of sp³-hybridized carbons (Fsp3) is 0.0556. The van der Waals surface area contributed by atoms with Gasteiger partial charge in [0.25, 0.3) is 0 Å². The number of para-hydroxylation sites is 1. The maximum absolute atomic E-state index is 12.2. The SMILES string of the molecule is N#Cc1ccc(C=CC(=O)c2cccc(CC(=O)O)c2O)cc1. The normalized spacial score (nSPS) is 10.4. The van der Waals surface area contributed by atoms with Gasteiger partial charge >= 0.3 is 5.97 Å². The molecule has 0 heterocycles. The van der Waals surface area contributed by atoms with Crippen molar-refractivity contribution < 1.29 is 19.8 Å². The van der Waals surface area contributed by atoms with Crippen LogP contribution in [0.5, 0.6) is 5.75 Å². The van der Waals surface area contributed by atoms with E-state index in [1.807, 2.05) is 6.07 Å². The van der Waals surface area contributed by atoms with E-state index in [0.29, 0.717) is 5.56 Å². The molecule has 0 unspecified atom stereocenters. The van der Waals surface area contributed by atoms with Crippen molar-refractivity contribution >= 4 is 17.8 Å². The Labute approximate surface area is 132 Å². The molecular weight excluding hydrogens is 294 g/mol. The smallest absolute Gasteiger partial charge is 0.307 e. The highest BCUT2D eigenvalue weighted by molar-refractivity contribution is 6.08. The van der Waals surface area contributed by atoms with Gasteiger partial charge in [-0.15, -0.1) is 0 Å². The summed E-state index contributed by atoms with van der Waals surface area (Å²) in [5.41, 5.74) is 1.50. The molecule has 2 rings (SSSR count). The minimum absolute atomic E-state index is 0.0497. The summed E-state index contributed by atoms with van der Waals surface area (Å²) in [6, 6.07) is 13.1. The molecule has 0 aliphatic rings. The zero-order valence-corrected chi connectivity index (χ0v) is 12.1. The average molecular weight is 307 g/mol. The zero-order valence-electron chi connectivity index (χ0n) is 12.1. The Morgan fingerprint density at radius 3 is 2.43 bits per heavy atom. The molecule has 114 valence electrons. The van der Waals surface area contributed by atoms with Crippen LogP contribution in [0.25, 0.3) is 6.08 Å². The number of aliphatic carboxylic acids is 1. The molecule has 23 heavy (non-hydrogen) atoms. The number of ketones is 1. The van der Waals surface area contributed by atoms with E-state index in [-0.39, 0.29) is 23.3 Å². The molecule has 0 aliphatic carbocycles. The molecule has 0 fully saturated rings. The molecule has 2 aromatic rings. The van der Waals surface area contributed by atoms with Crippen LogP contribution in [0.2, 0.25) is 0 Å². The van der Waals surface area contributed by atoms with Gasteiger partial charge in [-0.3, -0.25) is 9.59 Å². The van der Waals surface area contributed by atoms with E-state index in [4.69, 9.17) is 10.4 Å². The second-order valence-electron chi connectivity index (χ2n) is 4.82. The van der Waals surface area contributed by atoms with Crippen molar-refractivity contribution in [3.8, 4) is 11.8 Å². The molecule has 2 aromatic carbocycles. The Hall–Kier alpha value is -3.39. The number of carbonyl (C=O) groups is 2. The Balaban J connectivity index is 2.21. The third-order valence-corrected chi connectivity index (χ3v) is 3.19. The van der Waals surface area contributed by atoms with E-state index in [0.717, 1.165) is 5.56 Å². The number of carboxylic acids is 1. The van der Waals surface area contributed by atoms with Crippen molar-refractivity contribution in [2.45, 2.75) is 6.42 Å². The summed E-state index contributed by atoms with van der Waals surface area (Å²) >= 11 is 0. The quantitative estimate of drug-likeness (QED) is 0.653. The number of phenolic OH excluding ortho intramolecular Hbond substituents is 1. The van der Waals surface area contributed by atoms with Crippen LogP contribution in [0.3, 0.4) is 0 Å². The van der Waals surface area contributed by atoms with Crippen molar-refractivity contribution in [3.05, 3.63) is 70.8 Å². The largest absolute Gasteiger partial charge is 0.507 e. The van der Waals surface area contributed by atoms with Crippen molar-refractivity contribution in [1.29, 1.82) is 5.26 Å². The molecule has 0 saturated carbocycles. The lowest BCUT2D eigenvalue weighted by Gasteiger charge is -2.05. The molecule has 2 N–H and O–H groups in total. The molecule has 0 spiro atoms. The first kappa shape index (κ1) is 16.0. The third-order valence-electron chi connectivity index (χ3n) is 3.19. The van der Waals surface area contributed by atoms with Gasteiger partial charge in [0.2, 0.25) is 0 Å². The number of phenols is 1. The number of nitriles is 1. The van der Waals surface area contributed by atoms with Gasteiger partial charge < -0.3 is 10.2 Å². The minimum Gasteiger partial charge on any atom is -0.507 e. The molecule has 0 amide bonds. The lowest BCUT2D eigenvalue weighted by molar-refractivity contribution is -0.136. The first-order valence-corrected chi connectivity index (χ1v) is 6.76. The molecule has 0 bridgehead atoms. The number of carbonyl (C=O) groups excluding carboxylic acids is 1. The average Bonchev–Trinajstić information content (AvgIpc) is 2.54. The maximum atomic E-state index is 12.2. The second kappa shape index (κ2) is 7.05. The van der Waals surface area contributed by atoms with Gasteiger partial charge in [0.1, 0.15) is 5.75 Å². The molecular formula is C18H13NO4. The minimum atomic E-state index is -1.09. The van der Waals surface area contributed by atoms with Crippen LogP contribution < -0.4 is 0 Å². The third kappa shape index (κ3) is 4.05. The number of aromatic hydroxyl groups is 1. The van der Waals surface area contributed by atoms with Gasteiger partial charge in [-0.05, 0) is 29.8 Å². The van der Waals surface area contributed by atoms with Gasteiger partial charge in [0.15, 0.2) is 5.78 Å². The van der Waals surface area contributed by atoms with E-state index in [1.54, 1.807) is 30.3 Å². The van der Waals surface area contributed by atoms with E-state index < -0.39 is 11.8 Å². The highest BCUT2D eigenvalue weighted by Crippen LogP contribution is 2.24. The fourth-order valence-corrected chi connectivity index (χ4v) is 2.03. The van der Waals surface area contributed by atoms with Crippen molar-refractivity contribution in [2.24, 2.45) is 0 Å². The number of hydrogen-bond donors (Lipinski definition) is 2. The van der Waals surface area contributed by atoms with Crippen LogP contribution in [0, 0.1) is 11.3 Å².